The van der Waals surface area contributed by atoms with Crippen molar-refractivity contribution in [3.05, 3.63) is 35.9 Å². The molecule has 0 aliphatic carbocycles. The zero-order chi connectivity index (χ0) is 17.8. The van der Waals surface area contributed by atoms with Crippen LogP contribution in [-0.2, 0) is 20.1 Å². The third-order valence-electron chi connectivity index (χ3n) is 4.06. The topological polar surface area (TPSA) is 55.4 Å². The number of nitrogens with one attached hydrogen (secondary N) is 1. The van der Waals surface area contributed by atoms with E-state index in [1.807, 2.05) is 25.1 Å². The standard InChI is InChI=1S/C19H29NO3S/c1-4-6-10-13-19(3,17(20-15-21)18(22)23-5-2)24-14-16-11-8-7-9-12-16/h7-9,11-12,15,17H,4-6,10,13-14H2,1-3H3,(H,20,21)/t17-,19-/m1/s1. The number of thioether (sulfide) groups is 1. The Hall–Kier alpha value is -1.49. The van der Waals surface area contributed by atoms with Crippen LogP contribution in [0.25, 0.3) is 0 Å². The minimum absolute atomic E-state index is 0.310. The van der Waals surface area contributed by atoms with Crippen LogP contribution in [0, 0.1) is 0 Å². The molecule has 1 rings (SSSR count). The zero-order valence-electron chi connectivity index (χ0n) is 14.9. The van der Waals surface area contributed by atoms with Crippen LogP contribution in [0.1, 0.15) is 52.0 Å². The number of carbonyl (C=O) groups excluding carboxylic acids is 2. The third kappa shape index (κ3) is 6.56. The number of hydrogen-bond acceptors (Lipinski definition) is 4. The summed E-state index contributed by atoms with van der Waals surface area (Å²) in [5.74, 6) is 0.434. The fraction of sp³-hybridized carbons (Fsp3) is 0.579. The Kier molecular flexibility index (Phi) is 9.53. The van der Waals surface area contributed by atoms with Crippen molar-refractivity contribution in [2.45, 2.75) is 63.0 Å². The number of amides is 1. The Labute approximate surface area is 149 Å². The molecule has 24 heavy (non-hydrogen) atoms. The Morgan fingerprint density at radius 2 is 2.00 bits per heavy atom. The van der Waals surface area contributed by atoms with Gasteiger partial charge in [0.1, 0.15) is 6.04 Å². The van der Waals surface area contributed by atoms with Crippen molar-refractivity contribution in [2.75, 3.05) is 6.61 Å². The molecule has 0 saturated heterocycles. The maximum absolute atomic E-state index is 12.4. The first-order valence-corrected chi connectivity index (χ1v) is 9.60. The fourth-order valence-corrected chi connectivity index (χ4v) is 3.94. The van der Waals surface area contributed by atoms with E-state index >= 15 is 0 Å². The Morgan fingerprint density at radius 1 is 1.29 bits per heavy atom. The molecule has 1 N–H and O–H groups in total. The van der Waals surface area contributed by atoms with Crippen molar-refractivity contribution in [1.29, 1.82) is 0 Å². The van der Waals surface area contributed by atoms with Crippen LogP contribution in [0.4, 0.5) is 0 Å². The van der Waals surface area contributed by atoms with Crippen molar-refractivity contribution in [3.63, 3.8) is 0 Å². The molecule has 1 aromatic carbocycles. The summed E-state index contributed by atoms with van der Waals surface area (Å²) in [5.41, 5.74) is 1.21. The van der Waals surface area contributed by atoms with E-state index in [1.165, 1.54) is 5.56 Å². The highest BCUT2D eigenvalue weighted by Gasteiger charge is 2.40. The molecule has 5 heteroatoms. The smallest absolute Gasteiger partial charge is 0.330 e. The van der Waals surface area contributed by atoms with Crippen molar-refractivity contribution in [1.82, 2.24) is 5.32 Å². The molecule has 0 unspecified atom stereocenters. The lowest BCUT2D eigenvalue weighted by atomic mass is 9.94. The van der Waals surface area contributed by atoms with E-state index in [0.29, 0.717) is 13.0 Å². The second-order valence-corrected chi connectivity index (χ2v) is 7.52. The molecule has 1 aromatic rings. The number of ether oxygens (including phenoxy) is 1. The highest BCUT2D eigenvalue weighted by atomic mass is 32.2. The SMILES string of the molecule is CCCCC[C@@](C)(SCc1ccccc1)[C@H](NC=O)C(=O)OCC. The minimum atomic E-state index is -0.638. The molecule has 4 nitrogen and oxygen atoms in total. The van der Waals surface area contributed by atoms with Crippen molar-refractivity contribution in [3.8, 4) is 0 Å². The molecule has 0 fully saturated rings. The molecule has 2 atom stereocenters. The van der Waals surface area contributed by atoms with Gasteiger partial charge in [-0.1, -0.05) is 56.5 Å². The van der Waals surface area contributed by atoms with E-state index in [2.05, 4.69) is 24.4 Å². The molecule has 0 saturated carbocycles. The van der Waals surface area contributed by atoms with Crippen LogP contribution in [0.15, 0.2) is 30.3 Å². The molecular weight excluding hydrogens is 322 g/mol. The number of carbonyl (C=O) groups is 2. The monoisotopic (exact) mass is 351 g/mol. The fourth-order valence-electron chi connectivity index (χ4n) is 2.64. The molecule has 1 amide bonds. The second kappa shape index (κ2) is 11.1. The van der Waals surface area contributed by atoms with Crippen LogP contribution in [0.5, 0.6) is 0 Å². The van der Waals surface area contributed by atoms with Gasteiger partial charge in [-0.05, 0) is 25.8 Å². The van der Waals surface area contributed by atoms with Crippen LogP contribution < -0.4 is 5.32 Å². The lowest BCUT2D eigenvalue weighted by Gasteiger charge is -2.35. The van der Waals surface area contributed by atoms with Crippen LogP contribution in [0.2, 0.25) is 0 Å². The summed E-state index contributed by atoms with van der Waals surface area (Å²) in [6, 6.07) is 9.52. The van der Waals surface area contributed by atoms with E-state index in [9.17, 15) is 9.59 Å². The molecule has 0 aliphatic heterocycles. The first-order valence-electron chi connectivity index (χ1n) is 8.61. The highest BCUT2D eigenvalue weighted by Crippen LogP contribution is 2.37. The quantitative estimate of drug-likeness (QED) is 0.352. The Morgan fingerprint density at radius 3 is 2.58 bits per heavy atom. The summed E-state index contributed by atoms with van der Waals surface area (Å²) >= 11 is 1.71. The average molecular weight is 352 g/mol. The largest absolute Gasteiger partial charge is 0.464 e. The van der Waals surface area contributed by atoms with E-state index in [4.69, 9.17) is 4.74 Å². The number of rotatable bonds is 12. The van der Waals surface area contributed by atoms with Gasteiger partial charge in [0.25, 0.3) is 0 Å². The maximum Gasteiger partial charge on any atom is 0.330 e. The molecule has 0 aromatic heterocycles. The first kappa shape index (κ1) is 20.6. The lowest BCUT2D eigenvalue weighted by molar-refractivity contribution is -0.147. The summed E-state index contributed by atoms with van der Waals surface area (Å²) in [4.78, 5) is 23.4. The van der Waals surface area contributed by atoms with E-state index in [1.54, 1.807) is 18.7 Å². The average Bonchev–Trinajstić information content (AvgIpc) is 2.59. The van der Waals surface area contributed by atoms with Gasteiger partial charge in [0.2, 0.25) is 6.41 Å². The summed E-state index contributed by atoms with van der Waals surface area (Å²) in [7, 11) is 0. The third-order valence-corrected chi connectivity index (χ3v) is 5.63. The molecular formula is C19H29NO3S. The van der Waals surface area contributed by atoms with Gasteiger partial charge in [0.05, 0.1) is 6.61 Å². The van der Waals surface area contributed by atoms with Gasteiger partial charge >= 0.3 is 5.97 Å². The predicted molar refractivity (Wildman–Crippen MR) is 99.9 cm³/mol. The van der Waals surface area contributed by atoms with E-state index < -0.39 is 10.8 Å². The maximum atomic E-state index is 12.4. The van der Waals surface area contributed by atoms with Gasteiger partial charge in [-0.25, -0.2) is 4.79 Å². The molecule has 0 heterocycles. The van der Waals surface area contributed by atoms with Crippen LogP contribution >= 0.6 is 11.8 Å². The normalized spacial score (nSPS) is 14.5. The second-order valence-electron chi connectivity index (χ2n) is 6.01. The molecule has 0 bridgehead atoms. The van der Waals surface area contributed by atoms with Gasteiger partial charge in [-0.3, -0.25) is 4.79 Å². The van der Waals surface area contributed by atoms with Gasteiger partial charge in [0.15, 0.2) is 0 Å². The lowest BCUT2D eigenvalue weighted by Crippen LogP contribution is -2.52. The molecule has 0 aliphatic rings. The number of benzene rings is 1. The summed E-state index contributed by atoms with van der Waals surface area (Å²) in [5, 5.41) is 2.70. The van der Waals surface area contributed by atoms with Crippen molar-refractivity contribution < 1.29 is 14.3 Å². The zero-order valence-corrected chi connectivity index (χ0v) is 15.7. The van der Waals surface area contributed by atoms with Gasteiger partial charge in [-0.15, -0.1) is 11.8 Å². The summed E-state index contributed by atoms with van der Waals surface area (Å²) in [6.07, 6.45) is 4.69. The van der Waals surface area contributed by atoms with Crippen molar-refractivity contribution >= 4 is 24.1 Å². The Bertz CT molecular complexity index is 495. The molecule has 134 valence electrons. The number of unbranched alkanes of at least 4 members (excludes halogenated alkanes) is 2. The first-order chi connectivity index (χ1) is 11.6. The van der Waals surface area contributed by atoms with Gasteiger partial charge in [0, 0.05) is 10.5 Å². The molecule has 0 spiro atoms. The summed E-state index contributed by atoms with van der Waals surface area (Å²) < 4.78 is 4.78. The minimum Gasteiger partial charge on any atom is -0.464 e. The van der Waals surface area contributed by atoms with E-state index in [0.717, 1.165) is 31.4 Å². The van der Waals surface area contributed by atoms with Crippen LogP contribution in [0.3, 0.4) is 0 Å². The van der Waals surface area contributed by atoms with Crippen molar-refractivity contribution in [2.24, 2.45) is 0 Å². The summed E-state index contributed by atoms with van der Waals surface area (Å²) in [6.45, 7) is 6.29. The predicted octanol–water partition coefficient (Wildman–Crippen LogP) is 3.94. The van der Waals surface area contributed by atoms with Crippen LogP contribution in [-0.4, -0.2) is 29.8 Å². The molecule has 0 radical (unpaired) electrons. The van der Waals surface area contributed by atoms with Gasteiger partial charge in [-0.2, -0.15) is 0 Å². The van der Waals surface area contributed by atoms with Gasteiger partial charge < -0.3 is 10.1 Å². The van der Waals surface area contributed by atoms with E-state index in [-0.39, 0.29) is 5.97 Å². The highest BCUT2D eigenvalue weighted by molar-refractivity contribution is 8.00. The number of esters is 1. The number of hydrogen-bond donors (Lipinski definition) is 1. The Balaban J connectivity index is 2.91.